The first-order valence-corrected chi connectivity index (χ1v) is 10.1. The minimum atomic E-state index is -1.18. The van der Waals surface area contributed by atoms with Crippen molar-refractivity contribution >= 4 is 67.4 Å². The molecule has 4 amide bonds. The molecule has 3 rings (SSSR count). The maximum absolute atomic E-state index is 13.0. The van der Waals surface area contributed by atoms with Crippen molar-refractivity contribution < 1.29 is 29.0 Å². The number of amides is 4. The Balaban J connectivity index is 2.03. The number of barbiturate groups is 1. The number of carbonyl (C=O) groups excluding carboxylic acids is 3. The number of carboxylic acid groups (broad SMARTS) is 1. The van der Waals surface area contributed by atoms with E-state index >= 15 is 0 Å². The molecule has 1 fully saturated rings. The molecule has 10 heteroatoms. The molecule has 154 valence electrons. The summed E-state index contributed by atoms with van der Waals surface area (Å²) in [5.74, 6) is -2.68. The van der Waals surface area contributed by atoms with Crippen LogP contribution in [0.5, 0.6) is 5.75 Å². The first-order valence-electron chi connectivity index (χ1n) is 8.49. The molecule has 30 heavy (non-hydrogen) atoms. The summed E-state index contributed by atoms with van der Waals surface area (Å²) < 4.78 is 6.66. The Morgan fingerprint density at radius 3 is 2.57 bits per heavy atom. The lowest BCUT2D eigenvalue weighted by molar-refractivity contribution is -0.139. The maximum Gasteiger partial charge on any atom is 0.341 e. The molecule has 8 nitrogen and oxygen atoms in total. The summed E-state index contributed by atoms with van der Waals surface area (Å²) in [5.41, 5.74) is 1.10. The summed E-state index contributed by atoms with van der Waals surface area (Å²) in [6.07, 6.45) is 1.25. The second-order valence-corrected chi connectivity index (χ2v) is 8.03. The molecule has 0 bridgehead atoms. The Bertz CT molecular complexity index is 1110. The largest absolute Gasteiger partial charge is 0.481 e. The van der Waals surface area contributed by atoms with Crippen LogP contribution in [0.4, 0.5) is 10.5 Å². The van der Waals surface area contributed by atoms with Crippen molar-refractivity contribution in [3.05, 3.63) is 62.0 Å². The standard InChI is InChI=1S/C20H14Br2N2O6/c1-10-6-13(3-4-15(10)22)24-19(28)14(18(27)23-20(24)29)8-11-7-12(21)2-5-16(11)30-9-17(25)26/h2-8H,9H2,1H3,(H,25,26)(H,23,27,29)/b14-8-. The van der Waals surface area contributed by atoms with Crippen LogP contribution in [0.15, 0.2) is 50.9 Å². The van der Waals surface area contributed by atoms with Crippen LogP contribution in [0.1, 0.15) is 11.1 Å². The zero-order valence-electron chi connectivity index (χ0n) is 15.4. The van der Waals surface area contributed by atoms with E-state index in [2.05, 4.69) is 37.2 Å². The van der Waals surface area contributed by atoms with Crippen LogP contribution in [0, 0.1) is 6.92 Å². The number of hydrogen-bond donors (Lipinski definition) is 2. The smallest absolute Gasteiger partial charge is 0.341 e. The number of hydrogen-bond acceptors (Lipinski definition) is 5. The molecule has 0 aliphatic carbocycles. The summed E-state index contributed by atoms with van der Waals surface area (Å²) in [6, 6.07) is 8.74. The number of ether oxygens (including phenoxy) is 1. The second kappa shape index (κ2) is 8.80. The van der Waals surface area contributed by atoms with Gasteiger partial charge in [0.2, 0.25) is 0 Å². The van der Waals surface area contributed by atoms with Gasteiger partial charge in [0, 0.05) is 14.5 Å². The SMILES string of the molecule is Cc1cc(N2C(=O)NC(=O)/C(=C/c3cc(Br)ccc3OCC(=O)O)C2=O)ccc1Br. The van der Waals surface area contributed by atoms with Crippen molar-refractivity contribution in [1.82, 2.24) is 5.32 Å². The van der Waals surface area contributed by atoms with Crippen LogP contribution in [0.2, 0.25) is 0 Å². The number of aliphatic carboxylic acids is 1. The lowest BCUT2D eigenvalue weighted by Crippen LogP contribution is -2.54. The molecule has 1 heterocycles. The highest BCUT2D eigenvalue weighted by Crippen LogP contribution is 2.29. The van der Waals surface area contributed by atoms with E-state index in [9.17, 15) is 19.2 Å². The monoisotopic (exact) mass is 536 g/mol. The Hall–Kier alpha value is -2.98. The highest BCUT2D eigenvalue weighted by molar-refractivity contribution is 9.10. The third-order valence-corrected chi connectivity index (χ3v) is 5.51. The van der Waals surface area contributed by atoms with Gasteiger partial charge in [-0.05, 0) is 55.0 Å². The van der Waals surface area contributed by atoms with E-state index in [1.807, 2.05) is 0 Å². The molecule has 0 atom stereocenters. The number of nitrogens with zero attached hydrogens (tertiary/aromatic N) is 1. The molecule has 2 aromatic rings. The zero-order chi connectivity index (χ0) is 22.0. The molecule has 1 aliphatic heterocycles. The van der Waals surface area contributed by atoms with Crippen molar-refractivity contribution in [2.45, 2.75) is 6.92 Å². The molecule has 0 radical (unpaired) electrons. The maximum atomic E-state index is 13.0. The van der Waals surface area contributed by atoms with Gasteiger partial charge in [-0.25, -0.2) is 14.5 Å². The average Bonchev–Trinajstić information content (AvgIpc) is 2.67. The Labute approximate surface area is 187 Å². The molecule has 2 aromatic carbocycles. The van der Waals surface area contributed by atoms with E-state index < -0.39 is 30.4 Å². The summed E-state index contributed by atoms with van der Waals surface area (Å²) in [4.78, 5) is 49.4. The van der Waals surface area contributed by atoms with Crippen LogP contribution in [-0.4, -0.2) is 35.5 Å². The van der Waals surface area contributed by atoms with Crippen LogP contribution >= 0.6 is 31.9 Å². The van der Waals surface area contributed by atoms with Crippen molar-refractivity contribution in [1.29, 1.82) is 0 Å². The summed E-state index contributed by atoms with van der Waals surface area (Å²) in [7, 11) is 0. The summed E-state index contributed by atoms with van der Waals surface area (Å²) in [5, 5.41) is 11.0. The minimum absolute atomic E-state index is 0.164. The third-order valence-electron chi connectivity index (χ3n) is 4.12. The van der Waals surface area contributed by atoms with Crippen LogP contribution < -0.4 is 15.0 Å². The molecule has 0 saturated carbocycles. The quantitative estimate of drug-likeness (QED) is 0.444. The van der Waals surface area contributed by atoms with Crippen LogP contribution in [0.3, 0.4) is 0 Å². The Kier molecular flexibility index (Phi) is 6.37. The molecule has 0 unspecified atom stereocenters. The molecular weight excluding hydrogens is 524 g/mol. The van der Waals surface area contributed by atoms with Gasteiger partial charge in [-0.15, -0.1) is 0 Å². The fourth-order valence-corrected chi connectivity index (χ4v) is 3.34. The normalized spacial score (nSPS) is 15.4. The highest BCUT2D eigenvalue weighted by Gasteiger charge is 2.37. The number of urea groups is 1. The lowest BCUT2D eigenvalue weighted by Gasteiger charge is -2.26. The van der Waals surface area contributed by atoms with Crippen LogP contribution in [-0.2, 0) is 14.4 Å². The van der Waals surface area contributed by atoms with Crippen LogP contribution in [0.25, 0.3) is 6.08 Å². The molecule has 1 aliphatic rings. The van der Waals surface area contributed by atoms with Gasteiger partial charge in [0.1, 0.15) is 11.3 Å². The lowest BCUT2D eigenvalue weighted by atomic mass is 10.1. The van der Waals surface area contributed by atoms with Crippen molar-refractivity contribution in [3.63, 3.8) is 0 Å². The molecule has 0 spiro atoms. The van der Waals surface area contributed by atoms with Gasteiger partial charge in [0.25, 0.3) is 11.8 Å². The predicted molar refractivity (Wildman–Crippen MR) is 115 cm³/mol. The minimum Gasteiger partial charge on any atom is -0.481 e. The van der Waals surface area contributed by atoms with E-state index in [4.69, 9.17) is 9.84 Å². The van der Waals surface area contributed by atoms with Gasteiger partial charge in [-0.1, -0.05) is 31.9 Å². The zero-order valence-corrected chi connectivity index (χ0v) is 18.6. The topological polar surface area (TPSA) is 113 Å². The van der Waals surface area contributed by atoms with E-state index in [1.165, 1.54) is 12.1 Å². The number of halogens is 2. The Morgan fingerprint density at radius 1 is 1.17 bits per heavy atom. The fraction of sp³-hybridized carbons (Fsp3) is 0.100. The van der Waals surface area contributed by atoms with Gasteiger partial charge < -0.3 is 9.84 Å². The summed E-state index contributed by atoms with van der Waals surface area (Å²) >= 11 is 6.65. The number of benzene rings is 2. The number of rotatable bonds is 5. The second-order valence-electron chi connectivity index (χ2n) is 6.26. The molecular formula is C20H14Br2N2O6. The van der Waals surface area contributed by atoms with Gasteiger partial charge in [0.15, 0.2) is 6.61 Å². The molecule has 1 saturated heterocycles. The van der Waals surface area contributed by atoms with Gasteiger partial charge in [-0.2, -0.15) is 0 Å². The number of anilines is 1. The van der Waals surface area contributed by atoms with Crippen molar-refractivity contribution in [3.8, 4) is 5.75 Å². The number of carboxylic acids is 1. The number of nitrogens with one attached hydrogen (secondary N) is 1. The number of aryl methyl sites for hydroxylation is 1. The van der Waals surface area contributed by atoms with E-state index in [1.54, 1.807) is 37.3 Å². The van der Waals surface area contributed by atoms with Gasteiger partial charge in [-0.3, -0.25) is 14.9 Å². The fourth-order valence-electron chi connectivity index (χ4n) is 2.72. The average molecular weight is 538 g/mol. The third kappa shape index (κ3) is 4.60. The number of imide groups is 2. The first kappa shape index (κ1) is 21.7. The highest BCUT2D eigenvalue weighted by atomic mass is 79.9. The van der Waals surface area contributed by atoms with E-state index in [0.29, 0.717) is 15.7 Å². The van der Waals surface area contributed by atoms with Gasteiger partial charge >= 0.3 is 12.0 Å². The van der Waals surface area contributed by atoms with E-state index in [-0.39, 0.29) is 11.3 Å². The van der Waals surface area contributed by atoms with E-state index in [0.717, 1.165) is 14.9 Å². The molecule has 0 aromatic heterocycles. The summed E-state index contributed by atoms with van der Waals surface area (Å²) in [6.45, 7) is 1.20. The van der Waals surface area contributed by atoms with Crippen molar-refractivity contribution in [2.24, 2.45) is 0 Å². The molecule has 2 N–H and O–H groups in total. The van der Waals surface area contributed by atoms with Crippen molar-refractivity contribution in [2.75, 3.05) is 11.5 Å². The predicted octanol–water partition coefficient (Wildman–Crippen LogP) is 3.65. The van der Waals surface area contributed by atoms with Gasteiger partial charge in [0.05, 0.1) is 5.69 Å². The number of carbonyl (C=O) groups is 4. The Morgan fingerprint density at radius 2 is 1.90 bits per heavy atom. The first-order chi connectivity index (χ1) is 14.2.